The van der Waals surface area contributed by atoms with Crippen molar-refractivity contribution in [2.45, 2.75) is 22.8 Å². The molecule has 0 aromatic heterocycles. The van der Waals surface area contributed by atoms with Gasteiger partial charge in [-0.25, -0.2) is 8.42 Å². The first-order chi connectivity index (χ1) is 9.45. The van der Waals surface area contributed by atoms with Gasteiger partial charge in [0.1, 0.15) is 0 Å². The number of hydrogen-bond acceptors (Lipinski definition) is 4. The molecule has 1 atom stereocenters. The molecular weight excluding hydrogens is 272 g/mol. The lowest BCUT2D eigenvalue weighted by molar-refractivity contribution is 0.596. The zero-order valence-electron chi connectivity index (χ0n) is 11.5. The van der Waals surface area contributed by atoms with Crippen LogP contribution in [0.2, 0.25) is 0 Å². The van der Waals surface area contributed by atoms with Gasteiger partial charge in [0.05, 0.1) is 9.79 Å². The molecular formula is C15H18N2O2S. The minimum absolute atomic E-state index is 0.110. The summed E-state index contributed by atoms with van der Waals surface area (Å²) in [5.74, 6) is 0. The average molecular weight is 290 g/mol. The van der Waals surface area contributed by atoms with Gasteiger partial charge < -0.3 is 11.1 Å². The first-order valence-electron chi connectivity index (χ1n) is 6.33. The fourth-order valence-corrected chi connectivity index (χ4v) is 3.15. The van der Waals surface area contributed by atoms with Crippen LogP contribution in [0.15, 0.2) is 58.3 Å². The summed E-state index contributed by atoms with van der Waals surface area (Å²) < 4.78 is 24.9. The molecule has 0 saturated carbocycles. The number of rotatable bonds is 4. The van der Waals surface area contributed by atoms with Gasteiger partial charge in [-0.2, -0.15) is 0 Å². The van der Waals surface area contributed by atoms with Gasteiger partial charge in [-0.15, -0.1) is 0 Å². The van der Waals surface area contributed by atoms with Gasteiger partial charge in [-0.1, -0.05) is 12.1 Å². The second-order valence-electron chi connectivity index (χ2n) is 4.64. The molecule has 0 unspecified atom stereocenters. The third kappa shape index (κ3) is 2.84. The standard InChI is InChI=1S/C15H18N2O2S/c1-11(16)12-3-7-14(8-4-12)20(18,19)15-9-5-13(17-2)6-10-15/h3-11,17H,16H2,1-2H3/t11-/m0/s1. The van der Waals surface area contributed by atoms with Crippen molar-refractivity contribution in [1.82, 2.24) is 0 Å². The number of sulfone groups is 1. The van der Waals surface area contributed by atoms with Gasteiger partial charge in [-0.3, -0.25) is 0 Å². The maximum atomic E-state index is 12.5. The van der Waals surface area contributed by atoms with Crippen LogP contribution in [0, 0.1) is 0 Å². The van der Waals surface area contributed by atoms with Crippen LogP contribution in [-0.2, 0) is 9.84 Å². The largest absolute Gasteiger partial charge is 0.388 e. The topological polar surface area (TPSA) is 72.2 Å². The first kappa shape index (κ1) is 14.6. The summed E-state index contributed by atoms with van der Waals surface area (Å²) in [7, 11) is -1.69. The van der Waals surface area contributed by atoms with Crippen molar-refractivity contribution >= 4 is 15.5 Å². The van der Waals surface area contributed by atoms with Crippen molar-refractivity contribution in [2.75, 3.05) is 12.4 Å². The lowest BCUT2D eigenvalue weighted by Crippen LogP contribution is -2.06. The Morgan fingerprint density at radius 2 is 1.40 bits per heavy atom. The molecule has 0 saturated heterocycles. The molecule has 0 aliphatic rings. The smallest absolute Gasteiger partial charge is 0.206 e. The van der Waals surface area contributed by atoms with Gasteiger partial charge >= 0.3 is 0 Å². The van der Waals surface area contributed by atoms with Crippen LogP contribution in [0.5, 0.6) is 0 Å². The molecule has 3 N–H and O–H groups in total. The van der Waals surface area contributed by atoms with Gasteiger partial charge in [-0.05, 0) is 48.9 Å². The van der Waals surface area contributed by atoms with E-state index in [1.165, 1.54) is 0 Å². The maximum absolute atomic E-state index is 12.5. The van der Waals surface area contributed by atoms with E-state index in [1.54, 1.807) is 55.6 Å². The Kier molecular flexibility index (Phi) is 4.11. The van der Waals surface area contributed by atoms with Gasteiger partial charge in [0.2, 0.25) is 9.84 Å². The van der Waals surface area contributed by atoms with E-state index in [0.717, 1.165) is 11.3 Å². The molecule has 2 aromatic rings. The maximum Gasteiger partial charge on any atom is 0.206 e. The quantitative estimate of drug-likeness (QED) is 0.908. The number of benzene rings is 2. The van der Waals surface area contributed by atoms with Crippen molar-refractivity contribution in [1.29, 1.82) is 0 Å². The molecule has 4 nitrogen and oxygen atoms in total. The van der Waals surface area contributed by atoms with E-state index >= 15 is 0 Å². The van der Waals surface area contributed by atoms with E-state index < -0.39 is 9.84 Å². The minimum Gasteiger partial charge on any atom is -0.388 e. The Morgan fingerprint density at radius 3 is 1.80 bits per heavy atom. The molecule has 2 aromatic carbocycles. The van der Waals surface area contributed by atoms with Crippen molar-refractivity contribution in [3.8, 4) is 0 Å². The zero-order valence-corrected chi connectivity index (χ0v) is 12.3. The van der Waals surface area contributed by atoms with Gasteiger partial charge in [0.15, 0.2) is 0 Å². The van der Waals surface area contributed by atoms with Crippen LogP contribution < -0.4 is 11.1 Å². The van der Waals surface area contributed by atoms with E-state index in [2.05, 4.69) is 5.32 Å². The average Bonchev–Trinajstić information content (AvgIpc) is 2.47. The third-order valence-corrected chi connectivity index (χ3v) is 4.96. The molecule has 0 aliphatic carbocycles. The Bertz CT molecular complexity index is 675. The van der Waals surface area contributed by atoms with Crippen LogP contribution in [0.4, 0.5) is 5.69 Å². The molecule has 0 radical (unpaired) electrons. The fourth-order valence-electron chi connectivity index (χ4n) is 1.89. The number of hydrogen-bond donors (Lipinski definition) is 2. The molecule has 0 heterocycles. The van der Waals surface area contributed by atoms with E-state index in [-0.39, 0.29) is 15.8 Å². The van der Waals surface area contributed by atoms with E-state index in [4.69, 9.17) is 5.73 Å². The first-order valence-corrected chi connectivity index (χ1v) is 7.82. The van der Waals surface area contributed by atoms with Gasteiger partial charge in [0.25, 0.3) is 0 Å². The highest BCUT2D eigenvalue weighted by atomic mass is 32.2. The highest BCUT2D eigenvalue weighted by Gasteiger charge is 2.17. The summed E-state index contributed by atoms with van der Waals surface area (Å²) in [6.07, 6.45) is 0. The molecule has 0 amide bonds. The molecule has 0 fully saturated rings. The second-order valence-corrected chi connectivity index (χ2v) is 6.59. The SMILES string of the molecule is CNc1ccc(S(=O)(=O)c2ccc([C@H](C)N)cc2)cc1. The summed E-state index contributed by atoms with van der Waals surface area (Å²) in [5, 5.41) is 2.96. The summed E-state index contributed by atoms with van der Waals surface area (Å²) in [6.45, 7) is 1.86. The number of anilines is 1. The van der Waals surface area contributed by atoms with Crippen molar-refractivity contribution in [2.24, 2.45) is 5.73 Å². The summed E-state index contributed by atoms with van der Waals surface area (Å²) in [6, 6.07) is 13.3. The normalized spacial score (nSPS) is 12.9. The van der Waals surface area contributed by atoms with Crippen molar-refractivity contribution in [3.63, 3.8) is 0 Å². The van der Waals surface area contributed by atoms with Crippen molar-refractivity contribution < 1.29 is 8.42 Å². The molecule has 5 heteroatoms. The Labute approximate surface area is 119 Å². The predicted octanol–water partition coefficient (Wildman–Crippen LogP) is 2.58. The van der Waals surface area contributed by atoms with E-state index in [1.807, 2.05) is 6.92 Å². The Balaban J connectivity index is 2.38. The molecule has 2 rings (SSSR count). The number of nitrogens with two attached hydrogens (primary N) is 1. The lowest BCUT2D eigenvalue weighted by Gasteiger charge is -2.09. The monoisotopic (exact) mass is 290 g/mol. The summed E-state index contributed by atoms with van der Waals surface area (Å²) in [4.78, 5) is 0.559. The fraction of sp³-hybridized carbons (Fsp3) is 0.200. The van der Waals surface area contributed by atoms with Crippen LogP contribution in [0.3, 0.4) is 0 Å². The Morgan fingerprint density at radius 1 is 0.950 bits per heavy atom. The van der Waals surface area contributed by atoms with Crippen LogP contribution in [0.25, 0.3) is 0 Å². The summed E-state index contributed by atoms with van der Waals surface area (Å²) >= 11 is 0. The second kappa shape index (κ2) is 5.64. The molecule has 0 bridgehead atoms. The molecule has 20 heavy (non-hydrogen) atoms. The van der Waals surface area contributed by atoms with Crippen LogP contribution >= 0.6 is 0 Å². The van der Waals surface area contributed by atoms with Crippen LogP contribution in [0.1, 0.15) is 18.5 Å². The summed E-state index contributed by atoms with van der Waals surface area (Å²) in [5.41, 5.74) is 7.54. The number of nitrogens with one attached hydrogen (secondary N) is 1. The van der Waals surface area contributed by atoms with Crippen LogP contribution in [-0.4, -0.2) is 15.5 Å². The minimum atomic E-state index is -3.48. The van der Waals surface area contributed by atoms with E-state index in [0.29, 0.717) is 0 Å². The molecule has 106 valence electrons. The zero-order chi connectivity index (χ0) is 14.8. The molecule has 0 spiro atoms. The van der Waals surface area contributed by atoms with Gasteiger partial charge in [0, 0.05) is 18.8 Å². The highest BCUT2D eigenvalue weighted by molar-refractivity contribution is 7.91. The predicted molar refractivity (Wildman–Crippen MR) is 80.5 cm³/mol. The highest BCUT2D eigenvalue weighted by Crippen LogP contribution is 2.23. The Hall–Kier alpha value is -1.85. The molecule has 0 aliphatic heterocycles. The van der Waals surface area contributed by atoms with Crippen molar-refractivity contribution in [3.05, 3.63) is 54.1 Å². The third-order valence-electron chi connectivity index (χ3n) is 3.17. The van der Waals surface area contributed by atoms with E-state index in [9.17, 15) is 8.42 Å². The lowest BCUT2D eigenvalue weighted by atomic mass is 10.1.